The standard InChI is InChI=1S/C11H13NO2S/c13-11(14)9-7-15-10(12-9)6-8-4-2-1-3-5-8/h1-5,9-10,12H,6-7H2,(H,13,14)/t9-,10+/m1/s1. The lowest BCUT2D eigenvalue weighted by molar-refractivity contribution is -0.138. The van der Waals surface area contributed by atoms with Gasteiger partial charge >= 0.3 is 5.97 Å². The number of rotatable bonds is 3. The predicted octanol–water partition coefficient (Wildman–Crippen LogP) is 1.34. The Bertz CT molecular complexity index is 342. The van der Waals surface area contributed by atoms with Gasteiger partial charge in [0, 0.05) is 5.75 Å². The fourth-order valence-electron chi connectivity index (χ4n) is 1.62. The molecule has 15 heavy (non-hydrogen) atoms. The fourth-order valence-corrected chi connectivity index (χ4v) is 2.86. The van der Waals surface area contributed by atoms with Crippen LogP contribution in [0.15, 0.2) is 30.3 Å². The minimum atomic E-state index is -0.752. The van der Waals surface area contributed by atoms with Crippen LogP contribution in [0.1, 0.15) is 5.56 Å². The molecule has 2 atom stereocenters. The van der Waals surface area contributed by atoms with Gasteiger partial charge in [-0.2, -0.15) is 0 Å². The molecule has 1 aliphatic heterocycles. The Morgan fingerprint density at radius 2 is 2.20 bits per heavy atom. The molecule has 0 unspecified atom stereocenters. The largest absolute Gasteiger partial charge is 0.480 e. The Balaban J connectivity index is 1.90. The molecule has 1 saturated heterocycles. The van der Waals surface area contributed by atoms with Crippen molar-refractivity contribution in [3.63, 3.8) is 0 Å². The van der Waals surface area contributed by atoms with Crippen LogP contribution in [0.25, 0.3) is 0 Å². The summed E-state index contributed by atoms with van der Waals surface area (Å²) in [4.78, 5) is 10.7. The van der Waals surface area contributed by atoms with Crippen LogP contribution in [0, 0.1) is 0 Å². The highest BCUT2D eigenvalue weighted by Gasteiger charge is 2.29. The molecule has 0 aromatic heterocycles. The molecule has 0 radical (unpaired) electrons. The Morgan fingerprint density at radius 3 is 2.80 bits per heavy atom. The zero-order valence-corrected chi connectivity index (χ0v) is 9.04. The maximum absolute atomic E-state index is 10.7. The van der Waals surface area contributed by atoms with Crippen molar-refractivity contribution >= 4 is 17.7 Å². The van der Waals surface area contributed by atoms with Crippen LogP contribution in [-0.4, -0.2) is 28.2 Å². The molecule has 1 aliphatic rings. The summed E-state index contributed by atoms with van der Waals surface area (Å²) in [5, 5.41) is 12.2. The molecule has 1 fully saturated rings. The number of carbonyl (C=O) groups is 1. The monoisotopic (exact) mass is 223 g/mol. The third kappa shape index (κ3) is 2.73. The number of hydrogen-bond acceptors (Lipinski definition) is 3. The third-order valence-corrected chi connectivity index (χ3v) is 3.64. The van der Waals surface area contributed by atoms with E-state index in [1.807, 2.05) is 18.2 Å². The van der Waals surface area contributed by atoms with E-state index in [2.05, 4.69) is 17.4 Å². The number of thioether (sulfide) groups is 1. The maximum Gasteiger partial charge on any atom is 0.321 e. The molecule has 4 heteroatoms. The molecule has 0 amide bonds. The van der Waals surface area contributed by atoms with Gasteiger partial charge in [0.2, 0.25) is 0 Å². The van der Waals surface area contributed by atoms with Crippen molar-refractivity contribution in [1.29, 1.82) is 0 Å². The first-order valence-electron chi connectivity index (χ1n) is 4.90. The van der Waals surface area contributed by atoms with E-state index in [1.54, 1.807) is 11.8 Å². The second-order valence-corrected chi connectivity index (χ2v) is 4.80. The Kier molecular flexibility index (Phi) is 3.28. The molecule has 0 bridgehead atoms. The fraction of sp³-hybridized carbons (Fsp3) is 0.364. The van der Waals surface area contributed by atoms with Crippen LogP contribution in [0.2, 0.25) is 0 Å². The molecule has 3 nitrogen and oxygen atoms in total. The minimum absolute atomic E-state index is 0.230. The first-order chi connectivity index (χ1) is 7.25. The van der Waals surface area contributed by atoms with Gasteiger partial charge < -0.3 is 5.11 Å². The molecular weight excluding hydrogens is 210 g/mol. The molecule has 2 N–H and O–H groups in total. The van der Waals surface area contributed by atoms with E-state index in [4.69, 9.17) is 5.11 Å². The topological polar surface area (TPSA) is 49.3 Å². The maximum atomic E-state index is 10.7. The quantitative estimate of drug-likeness (QED) is 0.812. The average Bonchev–Trinajstić information content (AvgIpc) is 2.68. The Labute approximate surface area is 92.9 Å². The summed E-state index contributed by atoms with van der Waals surface area (Å²) in [6.07, 6.45) is 0.884. The van der Waals surface area contributed by atoms with Gasteiger partial charge in [0.25, 0.3) is 0 Å². The van der Waals surface area contributed by atoms with Gasteiger partial charge in [-0.05, 0) is 12.0 Å². The SMILES string of the molecule is O=C(O)[C@H]1CS[C@@H](Cc2ccccc2)N1. The van der Waals surface area contributed by atoms with Crippen LogP contribution in [0.4, 0.5) is 0 Å². The number of carboxylic acid groups (broad SMARTS) is 1. The lowest BCUT2D eigenvalue weighted by atomic mass is 10.1. The van der Waals surface area contributed by atoms with E-state index in [-0.39, 0.29) is 11.4 Å². The molecular formula is C11H13NO2S. The molecule has 0 saturated carbocycles. The molecule has 0 spiro atoms. The van der Waals surface area contributed by atoms with Crippen LogP contribution in [0.5, 0.6) is 0 Å². The number of hydrogen-bond donors (Lipinski definition) is 2. The number of nitrogens with one attached hydrogen (secondary N) is 1. The zero-order valence-electron chi connectivity index (χ0n) is 8.22. The molecule has 0 aliphatic carbocycles. The Morgan fingerprint density at radius 1 is 1.47 bits per heavy atom. The van der Waals surface area contributed by atoms with E-state index < -0.39 is 5.97 Å². The summed E-state index contributed by atoms with van der Waals surface area (Å²) >= 11 is 1.68. The van der Waals surface area contributed by atoms with Crippen molar-refractivity contribution in [2.45, 2.75) is 17.8 Å². The number of carboxylic acids is 1. The summed E-state index contributed by atoms with van der Waals surface area (Å²) in [6, 6.07) is 9.74. The van der Waals surface area contributed by atoms with Crippen LogP contribution < -0.4 is 5.32 Å². The van der Waals surface area contributed by atoms with Gasteiger partial charge in [-0.3, -0.25) is 10.1 Å². The van der Waals surface area contributed by atoms with Crippen molar-refractivity contribution in [2.24, 2.45) is 0 Å². The molecule has 80 valence electrons. The second kappa shape index (κ2) is 4.68. The summed E-state index contributed by atoms with van der Waals surface area (Å²) in [6.45, 7) is 0. The van der Waals surface area contributed by atoms with Crippen LogP contribution >= 0.6 is 11.8 Å². The van der Waals surface area contributed by atoms with Crippen LogP contribution in [0.3, 0.4) is 0 Å². The van der Waals surface area contributed by atoms with Gasteiger partial charge in [-0.15, -0.1) is 11.8 Å². The van der Waals surface area contributed by atoms with Crippen molar-refractivity contribution in [1.82, 2.24) is 5.32 Å². The summed E-state index contributed by atoms with van der Waals surface area (Å²) < 4.78 is 0. The van der Waals surface area contributed by atoms with Gasteiger partial charge in [-0.25, -0.2) is 0 Å². The van der Waals surface area contributed by atoms with E-state index in [0.29, 0.717) is 5.75 Å². The first kappa shape index (κ1) is 10.5. The van der Waals surface area contributed by atoms with Crippen LogP contribution in [-0.2, 0) is 11.2 Å². The van der Waals surface area contributed by atoms with E-state index in [0.717, 1.165) is 6.42 Å². The van der Waals surface area contributed by atoms with Crippen molar-refractivity contribution in [2.75, 3.05) is 5.75 Å². The lowest BCUT2D eigenvalue weighted by Gasteiger charge is -2.10. The van der Waals surface area contributed by atoms with E-state index >= 15 is 0 Å². The first-order valence-corrected chi connectivity index (χ1v) is 5.95. The predicted molar refractivity (Wildman–Crippen MR) is 61.0 cm³/mol. The molecule has 1 heterocycles. The highest BCUT2D eigenvalue weighted by molar-refractivity contribution is 8.00. The second-order valence-electron chi connectivity index (χ2n) is 3.57. The molecule has 1 aromatic carbocycles. The third-order valence-electron chi connectivity index (χ3n) is 2.41. The highest BCUT2D eigenvalue weighted by Crippen LogP contribution is 2.22. The highest BCUT2D eigenvalue weighted by atomic mass is 32.2. The molecule has 1 aromatic rings. The van der Waals surface area contributed by atoms with Gasteiger partial charge in [0.1, 0.15) is 6.04 Å². The molecule has 2 rings (SSSR count). The number of aliphatic carboxylic acids is 1. The van der Waals surface area contributed by atoms with Gasteiger partial charge in [0.15, 0.2) is 0 Å². The Hall–Kier alpha value is -1.00. The van der Waals surface area contributed by atoms with Crippen molar-refractivity contribution < 1.29 is 9.90 Å². The summed E-state index contributed by atoms with van der Waals surface area (Å²) in [5.74, 6) is -0.0922. The average molecular weight is 223 g/mol. The van der Waals surface area contributed by atoms with E-state index in [1.165, 1.54) is 5.56 Å². The number of benzene rings is 1. The minimum Gasteiger partial charge on any atom is -0.480 e. The van der Waals surface area contributed by atoms with Gasteiger partial charge in [0.05, 0.1) is 5.37 Å². The normalized spacial score (nSPS) is 25.3. The lowest BCUT2D eigenvalue weighted by Crippen LogP contribution is -2.37. The summed E-state index contributed by atoms with van der Waals surface area (Å²) in [5.41, 5.74) is 1.24. The van der Waals surface area contributed by atoms with Crippen molar-refractivity contribution in [3.8, 4) is 0 Å². The van der Waals surface area contributed by atoms with Gasteiger partial charge in [-0.1, -0.05) is 30.3 Å². The smallest absolute Gasteiger partial charge is 0.321 e. The van der Waals surface area contributed by atoms with E-state index in [9.17, 15) is 4.79 Å². The summed E-state index contributed by atoms with van der Waals surface area (Å²) in [7, 11) is 0. The zero-order chi connectivity index (χ0) is 10.7. The van der Waals surface area contributed by atoms with Crippen molar-refractivity contribution in [3.05, 3.63) is 35.9 Å².